The first-order valence-corrected chi connectivity index (χ1v) is 5.68. The minimum Gasteiger partial charge on any atom is -0.472 e. The van der Waals surface area contributed by atoms with Gasteiger partial charge in [0.15, 0.2) is 0 Å². The molecule has 1 N–H and O–H groups in total. The number of furan rings is 1. The van der Waals surface area contributed by atoms with Crippen LogP contribution in [0.3, 0.4) is 0 Å². The molecule has 0 unspecified atom stereocenters. The summed E-state index contributed by atoms with van der Waals surface area (Å²) in [5.41, 5.74) is 1.85. The highest BCUT2D eigenvalue weighted by Crippen LogP contribution is 2.06. The van der Waals surface area contributed by atoms with E-state index in [1.807, 2.05) is 0 Å². The highest BCUT2D eigenvalue weighted by Gasteiger charge is 2.07. The molecular formula is C14H13NO4. The number of rotatable bonds is 4. The lowest BCUT2D eigenvalue weighted by molar-refractivity contribution is 0.0600. The maximum Gasteiger partial charge on any atom is 0.337 e. The molecule has 98 valence electrons. The second-order valence-electron chi connectivity index (χ2n) is 3.88. The van der Waals surface area contributed by atoms with Gasteiger partial charge in [-0.1, -0.05) is 12.1 Å². The Hall–Kier alpha value is -2.56. The van der Waals surface area contributed by atoms with E-state index < -0.39 is 0 Å². The number of hydrogen-bond acceptors (Lipinski definition) is 4. The Kier molecular flexibility index (Phi) is 3.97. The first-order valence-electron chi connectivity index (χ1n) is 5.68. The minimum absolute atomic E-state index is 0.203. The Balaban J connectivity index is 1.93. The van der Waals surface area contributed by atoms with Gasteiger partial charge in [0.1, 0.15) is 6.26 Å². The van der Waals surface area contributed by atoms with E-state index in [4.69, 9.17) is 4.42 Å². The van der Waals surface area contributed by atoms with E-state index in [0.717, 1.165) is 5.56 Å². The fourth-order valence-electron chi connectivity index (χ4n) is 1.55. The first-order chi connectivity index (χ1) is 9.20. The molecule has 1 amide bonds. The average molecular weight is 259 g/mol. The molecule has 0 atom stereocenters. The van der Waals surface area contributed by atoms with E-state index in [0.29, 0.717) is 17.7 Å². The third-order valence-electron chi connectivity index (χ3n) is 2.61. The van der Waals surface area contributed by atoms with Gasteiger partial charge in [-0.3, -0.25) is 4.79 Å². The molecular weight excluding hydrogens is 246 g/mol. The van der Waals surface area contributed by atoms with Crippen LogP contribution in [0.25, 0.3) is 0 Å². The van der Waals surface area contributed by atoms with Crippen LogP contribution < -0.4 is 5.32 Å². The smallest absolute Gasteiger partial charge is 0.337 e. The molecule has 1 aromatic carbocycles. The molecule has 0 aliphatic carbocycles. The summed E-state index contributed by atoms with van der Waals surface area (Å²) in [6.45, 7) is 0.380. The van der Waals surface area contributed by atoms with Crippen molar-refractivity contribution < 1.29 is 18.7 Å². The van der Waals surface area contributed by atoms with Crippen LogP contribution in [0.4, 0.5) is 0 Å². The second kappa shape index (κ2) is 5.86. The highest BCUT2D eigenvalue weighted by molar-refractivity contribution is 5.93. The molecule has 1 aromatic heterocycles. The number of ether oxygens (including phenoxy) is 1. The predicted octanol–water partition coefficient (Wildman–Crippen LogP) is 2.00. The third-order valence-corrected chi connectivity index (χ3v) is 2.61. The summed E-state index contributed by atoms with van der Waals surface area (Å²) >= 11 is 0. The topological polar surface area (TPSA) is 68.5 Å². The van der Waals surface area contributed by atoms with Gasteiger partial charge in [0, 0.05) is 6.54 Å². The maximum absolute atomic E-state index is 11.7. The van der Waals surface area contributed by atoms with Crippen molar-refractivity contribution >= 4 is 11.9 Å². The maximum atomic E-state index is 11.7. The highest BCUT2D eigenvalue weighted by atomic mass is 16.5. The normalized spacial score (nSPS) is 9.95. The summed E-state index contributed by atoms with van der Waals surface area (Å²) in [6.07, 6.45) is 2.83. The number of amides is 1. The van der Waals surface area contributed by atoms with Gasteiger partial charge in [-0.15, -0.1) is 0 Å². The predicted molar refractivity (Wildman–Crippen MR) is 67.7 cm³/mol. The Bertz CT molecular complexity index is 558. The van der Waals surface area contributed by atoms with Crippen molar-refractivity contribution in [2.24, 2.45) is 0 Å². The van der Waals surface area contributed by atoms with Gasteiger partial charge >= 0.3 is 5.97 Å². The van der Waals surface area contributed by atoms with Gasteiger partial charge in [-0.2, -0.15) is 0 Å². The van der Waals surface area contributed by atoms with Gasteiger partial charge < -0.3 is 14.5 Å². The van der Waals surface area contributed by atoms with Crippen molar-refractivity contribution in [2.75, 3.05) is 7.11 Å². The van der Waals surface area contributed by atoms with Crippen LogP contribution in [0, 0.1) is 0 Å². The number of hydrogen-bond donors (Lipinski definition) is 1. The Morgan fingerprint density at radius 1 is 1.16 bits per heavy atom. The van der Waals surface area contributed by atoms with E-state index in [1.165, 1.54) is 19.6 Å². The van der Waals surface area contributed by atoms with E-state index in [1.54, 1.807) is 30.3 Å². The Labute approximate surface area is 110 Å². The first kappa shape index (κ1) is 12.9. The molecule has 0 aliphatic rings. The third kappa shape index (κ3) is 3.22. The zero-order chi connectivity index (χ0) is 13.7. The largest absolute Gasteiger partial charge is 0.472 e. The van der Waals surface area contributed by atoms with E-state index in [-0.39, 0.29) is 11.9 Å². The summed E-state index contributed by atoms with van der Waals surface area (Å²) in [6, 6.07) is 8.44. The summed E-state index contributed by atoms with van der Waals surface area (Å²) in [7, 11) is 1.33. The second-order valence-corrected chi connectivity index (χ2v) is 3.88. The molecule has 5 nitrogen and oxygen atoms in total. The molecule has 0 bridgehead atoms. The number of nitrogens with one attached hydrogen (secondary N) is 1. The fraction of sp³-hybridized carbons (Fsp3) is 0.143. The number of benzene rings is 1. The van der Waals surface area contributed by atoms with Crippen LogP contribution in [0.2, 0.25) is 0 Å². The van der Waals surface area contributed by atoms with E-state index >= 15 is 0 Å². The molecule has 0 fully saturated rings. The van der Waals surface area contributed by atoms with Gasteiger partial charge in [0.25, 0.3) is 5.91 Å². The zero-order valence-corrected chi connectivity index (χ0v) is 10.4. The molecule has 5 heteroatoms. The molecule has 0 spiro atoms. The monoisotopic (exact) mass is 259 g/mol. The lowest BCUT2D eigenvalue weighted by atomic mass is 10.1. The Morgan fingerprint density at radius 3 is 2.47 bits per heavy atom. The van der Waals surface area contributed by atoms with Crippen LogP contribution in [0.15, 0.2) is 47.3 Å². The van der Waals surface area contributed by atoms with Crippen LogP contribution in [0.5, 0.6) is 0 Å². The van der Waals surface area contributed by atoms with Crippen molar-refractivity contribution in [3.8, 4) is 0 Å². The van der Waals surface area contributed by atoms with Crippen LogP contribution in [-0.4, -0.2) is 19.0 Å². The molecule has 0 aliphatic heterocycles. The number of methoxy groups -OCH3 is 1. The molecule has 0 saturated carbocycles. The van der Waals surface area contributed by atoms with Crippen LogP contribution >= 0.6 is 0 Å². The van der Waals surface area contributed by atoms with Crippen LogP contribution in [0.1, 0.15) is 26.3 Å². The number of carbonyl (C=O) groups excluding carboxylic acids is 2. The lowest BCUT2D eigenvalue weighted by Crippen LogP contribution is -2.22. The summed E-state index contributed by atoms with van der Waals surface area (Å²) in [5, 5.41) is 2.75. The molecule has 2 aromatic rings. The van der Waals surface area contributed by atoms with E-state index in [2.05, 4.69) is 10.1 Å². The summed E-state index contributed by atoms with van der Waals surface area (Å²) in [4.78, 5) is 22.9. The molecule has 0 saturated heterocycles. The van der Waals surface area contributed by atoms with Gasteiger partial charge in [0.05, 0.1) is 24.5 Å². The summed E-state index contributed by atoms with van der Waals surface area (Å²) < 4.78 is 9.43. The molecule has 1 heterocycles. The van der Waals surface area contributed by atoms with Crippen molar-refractivity contribution in [1.82, 2.24) is 5.32 Å². The fourth-order valence-corrected chi connectivity index (χ4v) is 1.55. The summed E-state index contributed by atoms with van der Waals surface area (Å²) in [5.74, 6) is -0.584. The Morgan fingerprint density at radius 2 is 1.89 bits per heavy atom. The van der Waals surface area contributed by atoms with Crippen molar-refractivity contribution in [3.63, 3.8) is 0 Å². The molecule has 0 radical (unpaired) electrons. The van der Waals surface area contributed by atoms with E-state index in [9.17, 15) is 9.59 Å². The standard InChI is InChI=1S/C14H13NO4/c1-18-14(17)11-4-2-10(3-5-11)8-15-13(16)12-6-7-19-9-12/h2-7,9H,8H2,1H3,(H,15,16). The van der Waals surface area contributed by atoms with Crippen molar-refractivity contribution in [1.29, 1.82) is 0 Å². The quantitative estimate of drug-likeness (QED) is 0.853. The van der Waals surface area contributed by atoms with Crippen molar-refractivity contribution in [3.05, 3.63) is 59.5 Å². The van der Waals surface area contributed by atoms with Crippen LogP contribution in [-0.2, 0) is 11.3 Å². The molecule has 19 heavy (non-hydrogen) atoms. The number of carbonyl (C=O) groups is 2. The molecule has 2 rings (SSSR count). The zero-order valence-electron chi connectivity index (χ0n) is 10.4. The number of esters is 1. The minimum atomic E-state index is -0.381. The van der Waals surface area contributed by atoms with Gasteiger partial charge in [-0.05, 0) is 23.8 Å². The SMILES string of the molecule is COC(=O)c1ccc(CNC(=O)c2ccoc2)cc1. The van der Waals surface area contributed by atoms with Gasteiger partial charge in [-0.25, -0.2) is 4.79 Å². The van der Waals surface area contributed by atoms with Crippen molar-refractivity contribution in [2.45, 2.75) is 6.54 Å². The lowest BCUT2D eigenvalue weighted by Gasteiger charge is -2.05. The average Bonchev–Trinajstić information content (AvgIpc) is 2.98. The van der Waals surface area contributed by atoms with Gasteiger partial charge in [0.2, 0.25) is 0 Å².